The quantitative estimate of drug-likeness (QED) is 0.610. The molecule has 6 nitrogen and oxygen atoms in total. The predicted molar refractivity (Wildman–Crippen MR) is 103 cm³/mol. The average molecular weight is 419 g/mol. The molecule has 25 heavy (non-hydrogen) atoms. The molecule has 0 unspecified atom stereocenters. The molecule has 1 aromatic heterocycles. The van der Waals surface area contributed by atoms with Crippen LogP contribution in [0.2, 0.25) is 0 Å². The lowest BCUT2D eigenvalue weighted by atomic mass is 10.2. The van der Waals surface area contributed by atoms with E-state index in [2.05, 4.69) is 36.8 Å². The number of nitrogens with zero attached hydrogens (tertiary/aromatic N) is 2. The molecule has 0 spiro atoms. The first kappa shape index (κ1) is 17.4. The summed E-state index contributed by atoms with van der Waals surface area (Å²) in [6.07, 6.45) is 0. The summed E-state index contributed by atoms with van der Waals surface area (Å²) in [5, 5.41) is 14.7. The smallest absolute Gasteiger partial charge is 0.325 e. The molecule has 1 heterocycles. The third-order valence-electron chi connectivity index (χ3n) is 3.14. The van der Waals surface area contributed by atoms with Crippen molar-refractivity contribution in [2.24, 2.45) is 0 Å². The Bertz CT molecular complexity index is 867. The van der Waals surface area contributed by atoms with E-state index in [9.17, 15) is 4.79 Å². The topological polar surface area (TPSA) is 76.1 Å². The van der Waals surface area contributed by atoms with Crippen LogP contribution < -0.4 is 15.4 Å². The Hall–Kier alpha value is -2.45. The van der Waals surface area contributed by atoms with Gasteiger partial charge in [-0.3, -0.25) is 5.32 Å². The van der Waals surface area contributed by atoms with Crippen molar-refractivity contribution in [1.82, 2.24) is 10.2 Å². The highest BCUT2D eigenvalue weighted by Crippen LogP contribution is 2.28. The van der Waals surface area contributed by atoms with Gasteiger partial charge in [0, 0.05) is 15.7 Å². The first-order valence-corrected chi connectivity index (χ1v) is 9.15. The van der Waals surface area contributed by atoms with Crippen LogP contribution in [0.4, 0.5) is 15.6 Å². The van der Waals surface area contributed by atoms with E-state index in [1.165, 1.54) is 11.3 Å². The maximum absolute atomic E-state index is 12.1. The van der Waals surface area contributed by atoms with E-state index in [0.717, 1.165) is 20.8 Å². The number of hydrogen-bond acceptors (Lipinski definition) is 5. The van der Waals surface area contributed by atoms with Gasteiger partial charge in [0.15, 0.2) is 0 Å². The molecule has 0 aliphatic rings. The lowest BCUT2D eigenvalue weighted by Crippen LogP contribution is -2.19. The van der Waals surface area contributed by atoms with Crippen LogP contribution in [0.3, 0.4) is 0 Å². The third-order valence-corrected chi connectivity index (χ3v) is 4.52. The van der Waals surface area contributed by atoms with Gasteiger partial charge in [-0.25, -0.2) is 4.79 Å². The SMILES string of the molecule is CCOc1ccc(NC(=O)Nc2nnc(-c3cccc(Br)c3)s2)cc1. The van der Waals surface area contributed by atoms with Gasteiger partial charge >= 0.3 is 6.03 Å². The van der Waals surface area contributed by atoms with Gasteiger partial charge in [0.25, 0.3) is 0 Å². The Balaban J connectivity index is 1.61. The zero-order valence-corrected chi connectivity index (χ0v) is 15.7. The van der Waals surface area contributed by atoms with Crippen molar-refractivity contribution in [2.75, 3.05) is 17.2 Å². The second-order valence-electron chi connectivity index (χ2n) is 4.96. The lowest BCUT2D eigenvalue weighted by Gasteiger charge is -2.06. The van der Waals surface area contributed by atoms with Crippen molar-refractivity contribution in [3.63, 3.8) is 0 Å². The fourth-order valence-corrected chi connectivity index (χ4v) is 3.21. The predicted octanol–water partition coefficient (Wildman–Crippen LogP) is 5.01. The van der Waals surface area contributed by atoms with Crippen molar-refractivity contribution >= 4 is 44.1 Å². The van der Waals surface area contributed by atoms with Crippen LogP contribution in [0.5, 0.6) is 5.75 Å². The number of halogens is 1. The van der Waals surface area contributed by atoms with E-state index < -0.39 is 0 Å². The zero-order chi connectivity index (χ0) is 17.6. The van der Waals surface area contributed by atoms with Gasteiger partial charge in [0.05, 0.1) is 6.61 Å². The Morgan fingerprint density at radius 3 is 2.68 bits per heavy atom. The van der Waals surface area contributed by atoms with Gasteiger partial charge < -0.3 is 10.1 Å². The molecule has 0 bridgehead atoms. The van der Waals surface area contributed by atoms with Crippen molar-refractivity contribution in [1.29, 1.82) is 0 Å². The van der Waals surface area contributed by atoms with Crippen LogP contribution in [0.25, 0.3) is 10.6 Å². The molecule has 3 aromatic rings. The molecule has 0 saturated heterocycles. The Kier molecular flexibility index (Phi) is 5.62. The number of carbonyl (C=O) groups excluding carboxylic acids is 1. The van der Waals surface area contributed by atoms with Crippen molar-refractivity contribution in [3.05, 3.63) is 53.0 Å². The minimum atomic E-state index is -0.374. The number of benzene rings is 2. The summed E-state index contributed by atoms with van der Waals surface area (Å²) in [6.45, 7) is 2.52. The standard InChI is InChI=1S/C17H15BrN4O2S/c1-2-24-14-8-6-13(7-9-14)19-16(23)20-17-22-21-15(25-17)11-4-3-5-12(18)10-11/h3-10H,2H2,1H3,(H2,19,20,22,23). The van der Waals surface area contributed by atoms with Gasteiger partial charge in [-0.2, -0.15) is 0 Å². The summed E-state index contributed by atoms with van der Waals surface area (Å²) >= 11 is 4.73. The normalized spacial score (nSPS) is 10.3. The molecular weight excluding hydrogens is 404 g/mol. The molecule has 0 aliphatic carbocycles. The molecule has 2 aromatic carbocycles. The second-order valence-corrected chi connectivity index (χ2v) is 6.85. The van der Waals surface area contributed by atoms with E-state index in [1.54, 1.807) is 24.3 Å². The van der Waals surface area contributed by atoms with Crippen LogP contribution in [-0.2, 0) is 0 Å². The summed E-state index contributed by atoms with van der Waals surface area (Å²) in [5.41, 5.74) is 1.60. The van der Waals surface area contributed by atoms with Crippen LogP contribution in [-0.4, -0.2) is 22.8 Å². The molecule has 8 heteroatoms. The highest BCUT2D eigenvalue weighted by Gasteiger charge is 2.10. The number of hydrogen-bond donors (Lipinski definition) is 2. The lowest BCUT2D eigenvalue weighted by molar-refractivity contribution is 0.262. The Labute approximate surface area is 157 Å². The van der Waals surface area contributed by atoms with Gasteiger partial charge in [-0.15, -0.1) is 10.2 Å². The van der Waals surface area contributed by atoms with Gasteiger partial charge in [-0.05, 0) is 43.3 Å². The largest absolute Gasteiger partial charge is 0.494 e. The molecule has 3 rings (SSSR count). The van der Waals surface area contributed by atoms with E-state index in [0.29, 0.717) is 17.4 Å². The van der Waals surface area contributed by atoms with Crippen LogP contribution >= 0.6 is 27.3 Å². The Morgan fingerprint density at radius 1 is 1.16 bits per heavy atom. The van der Waals surface area contributed by atoms with E-state index in [4.69, 9.17) is 4.74 Å². The Morgan fingerprint density at radius 2 is 1.96 bits per heavy atom. The van der Waals surface area contributed by atoms with Gasteiger partial charge in [0.1, 0.15) is 10.8 Å². The van der Waals surface area contributed by atoms with Crippen molar-refractivity contribution < 1.29 is 9.53 Å². The highest BCUT2D eigenvalue weighted by atomic mass is 79.9. The molecule has 128 valence electrons. The van der Waals surface area contributed by atoms with E-state index >= 15 is 0 Å². The third kappa shape index (κ3) is 4.77. The molecular formula is C17H15BrN4O2S. The van der Waals surface area contributed by atoms with Gasteiger partial charge in [0.2, 0.25) is 5.13 Å². The molecule has 0 saturated carbocycles. The number of urea groups is 1. The summed E-state index contributed by atoms with van der Waals surface area (Å²) in [6, 6.07) is 14.5. The molecule has 0 aliphatic heterocycles. The number of aromatic nitrogens is 2. The number of amides is 2. The fraction of sp³-hybridized carbons (Fsp3) is 0.118. The monoisotopic (exact) mass is 418 g/mol. The maximum atomic E-state index is 12.1. The number of carbonyl (C=O) groups is 1. The molecule has 2 N–H and O–H groups in total. The average Bonchev–Trinajstić information content (AvgIpc) is 3.05. The highest BCUT2D eigenvalue weighted by molar-refractivity contribution is 9.10. The minimum Gasteiger partial charge on any atom is -0.494 e. The van der Waals surface area contributed by atoms with E-state index in [1.807, 2.05) is 31.2 Å². The van der Waals surface area contributed by atoms with Crippen LogP contribution in [0.15, 0.2) is 53.0 Å². The maximum Gasteiger partial charge on any atom is 0.325 e. The zero-order valence-electron chi connectivity index (χ0n) is 13.3. The molecule has 0 fully saturated rings. The number of ether oxygens (including phenoxy) is 1. The first-order chi connectivity index (χ1) is 12.1. The van der Waals surface area contributed by atoms with Crippen molar-refractivity contribution in [3.8, 4) is 16.3 Å². The van der Waals surface area contributed by atoms with E-state index in [-0.39, 0.29) is 6.03 Å². The molecule has 0 atom stereocenters. The van der Waals surface area contributed by atoms with Gasteiger partial charge in [-0.1, -0.05) is 39.4 Å². The second kappa shape index (κ2) is 8.09. The van der Waals surface area contributed by atoms with Crippen LogP contribution in [0.1, 0.15) is 6.92 Å². The number of rotatable bonds is 5. The number of nitrogens with one attached hydrogen (secondary N) is 2. The summed E-state index contributed by atoms with van der Waals surface area (Å²) in [7, 11) is 0. The molecule has 0 radical (unpaired) electrons. The first-order valence-electron chi connectivity index (χ1n) is 7.54. The summed E-state index contributed by atoms with van der Waals surface area (Å²) in [4.78, 5) is 12.1. The molecule has 2 amide bonds. The minimum absolute atomic E-state index is 0.374. The van der Waals surface area contributed by atoms with Crippen LogP contribution in [0, 0.1) is 0 Å². The summed E-state index contributed by atoms with van der Waals surface area (Å²) < 4.78 is 6.33. The van der Waals surface area contributed by atoms with Crippen molar-refractivity contribution in [2.45, 2.75) is 6.92 Å². The number of anilines is 2. The summed E-state index contributed by atoms with van der Waals surface area (Å²) in [5.74, 6) is 0.760. The fourth-order valence-electron chi connectivity index (χ4n) is 2.07.